The number of azide groups is 1. The van der Waals surface area contributed by atoms with Gasteiger partial charge < -0.3 is 0 Å². The highest BCUT2D eigenvalue weighted by Gasteiger charge is 2.41. The number of nitrogens with zero attached hydrogens (tertiary/aromatic N) is 3. The summed E-state index contributed by atoms with van der Waals surface area (Å²) in [6.07, 6.45) is 0. The Balaban J connectivity index is 4.97. The van der Waals surface area contributed by atoms with Crippen molar-refractivity contribution in [2.75, 3.05) is 0 Å². The lowest BCUT2D eigenvalue weighted by molar-refractivity contribution is -0.0406. The van der Waals surface area contributed by atoms with Crippen molar-refractivity contribution in [2.24, 2.45) is 4.52 Å². The first kappa shape index (κ1) is 9.05. The van der Waals surface area contributed by atoms with Crippen LogP contribution in [-0.2, 0) is 9.92 Å². The second kappa shape index (κ2) is 2.35. The highest BCUT2D eigenvalue weighted by Crippen LogP contribution is 2.25. The minimum Gasteiger partial charge on any atom is -0.239 e. The lowest BCUT2D eigenvalue weighted by Crippen LogP contribution is -2.18. The number of hydrogen-bond acceptors (Lipinski definition) is 2. The van der Waals surface area contributed by atoms with Crippen LogP contribution < -0.4 is 0 Å². The van der Waals surface area contributed by atoms with Crippen molar-refractivity contribution in [1.82, 2.24) is 0 Å². The number of rotatable bonds is 1. The maximum absolute atomic E-state index is 11.3. The molecule has 0 spiro atoms. The van der Waals surface area contributed by atoms with Gasteiger partial charge >= 0.3 is 5.51 Å². The molecule has 0 aliphatic heterocycles. The Morgan fingerprint density at radius 3 is 2.10 bits per heavy atom. The zero-order valence-corrected chi connectivity index (χ0v) is 5.11. The molecule has 10 heavy (non-hydrogen) atoms. The lowest BCUT2D eigenvalue weighted by atomic mass is 11.6. The SMILES string of the molecule is [N-]=[N+]=NS(=N)(=O)C(F)(F)F. The first-order valence-electron chi connectivity index (χ1n) is 1.72. The van der Waals surface area contributed by atoms with Crippen molar-refractivity contribution in [3.8, 4) is 0 Å². The van der Waals surface area contributed by atoms with Gasteiger partial charge in [0.25, 0.3) is 0 Å². The minimum absolute atomic E-state index is 1.62. The average molecular weight is 174 g/mol. The summed E-state index contributed by atoms with van der Waals surface area (Å²) in [5, 5.41) is 0. The third kappa shape index (κ3) is 1.78. The summed E-state index contributed by atoms with van der Waals surface area (Å²) in [5.41, 5.74) is 2.15. The molecule has 0 saturated heterocycles. The fourth-order valence-corrected chi connectivity index (χ4v) is 0.293. The topological polar surface area (TPSA) is 89.7 Å². The summed E-state index contributed by atoms with van der Waals surface area (Å²) in [4.78, 5) is 1.62. The fourth-order valence-electron chi connectivity index (χ4n) is 0.0977. The van der Waals surface area contributed by atoms with E-state index in [4.69, 9.17) is 10.3 Å². The second-order valence-corrected chi connectivity index (χ2v) is 2.82. The summed E-state index contributed by atoms with van der Waals surface area (Å²) >= 11 is 0. The summed E-state index contributed by atoms with van der Waals surface area (Å²) in [5.74, 6) is 0. The highest BCUT2D eigenvalue weighted by atomic mass is 32.2. The number of halogens is 3. The molecule has 0 rings (SSSR count). The maximum Gasteiger partial charge on any atom is 0.486 e. The summed E-state index contributed by atoms with van der Waals surface area (Å²) in [7, 11) is -5.14. The van der Waals surface area contributed by atoms with E-state index in [1.807, 2.05) is 0 Å². The van der Waals surface area contributed by atoms with Gasteiger partial charge in [0.05, 0.1) is 0 Å². The van der Waals surface area contributed by atoms with Gasteiger partial charge in [0.2, 0.25) is 9.92 Å². The van der Waals surface area contributed by atoms with Crippen LogP contribution in [0.3, 0.4) is 0 Å². The standard InChI is InChI=1S/CHF3N4OS/c2-1(3,4)10(6,9)8-7-5/h6H. The van der Waals surface area contributed by atoms with Crippen LogP contribution in [0.25, 0.3) is 10.4 Å². The van der Waals surface area contributed by atoms with E-state index >= 15 is 0 Å². The molecule has 1 N–H and O–H groups in total. The maximum atomic E-state index is 11.3. The molecule has 0 saturated carbocycles. The van der Waals surface area contributed by atoms with Crippen molar-refractivity contribution in [3.63, 3.8) is 0 Å². The lowest BCUT2D eigenvalue weighted by Gasteiger charge is -2.02. The number of alkyl halides is 3. The number of nitrogens with one attached hydrogen (secondary N) is 1. The third-order valence-electron chi connectivity index (χ3n) is 0.465. The molecule has 0 amide bonds. The third-order valence-corrected chi connectivity index (χ3v) is 1.40. The predicted octanol–water partition coefficient (Wildman–Crippen LogP) is 1.78. The fraction of sp³-hybridized carbons (Fsp3) is 1.00. The largest absolute Gasteiger partial charge is 0.486 e. The van der Waals surface area contributed by atoms with E-state index in [9.17, 15) is 17.4 Å². The molecule has 1 atom stereocenters. The molecule has 58 valence electrons. The molecule has 0 aromatic heterocycles. The first-order chi connectivity index (χ1) is 4.31. The van der Waals surface area contributed by atoms with Gasteiger partial charge in [0.15, 0.2) is 0 Å². The molecule has 5 nitrogen and oxygen atoms in total. The normalized spacial score (nSPS) is 17.1. The van der Waals surface area contributed by atoms with E-state index in [-0.39, 0.29) is 0 Å². The van der Waals surface area contributed by atoms with Crippen LogP contribution in [0.4, 0.5) is 13.2 Å². The van der Waals surface area contributed by atoms with Crippen molar-refractivity contribution in [3.05, 3.63) is 10.4 Å². The van der Waals surface area contributed by atoms with E-state index in [2.05, 4.69) is 0 Å². The van der Waals surface area contributed by atoms with E-state index in [0.29, 0.717) is 0 Å². The van der Waals surface area contributed by atoms with Gasteiger partial charge in [0.1, 0.15) is 0 Å². The van der Waals surface area contributed by atoms with Crippen LogP contribution in [0.15, 0.2) is 4.52 Å². The molecule has 0 aliphatic carbocycles. The summed E-state index contributed by atoms with van der Waals surface area (Å²) in [6.45, 7) is 0. The predicted molar refractivity (Wildman–Crippen MR) is 26.1 cm³/mol. The van der Waals surface area contributed by atoms with Crippen LogP contribution in [0.1, 0.15) is 0 Å². The molecular formula is CHF3N4OS. The van der Waals surface area contributed by atoms with Crippen LogP contribution in [0.2, 0.25) is 0 Å². The zero-order valence-electron chi connectivity index (χ0n) is 4.29. The van der Waals surface area contributed by atoms with Crippen molar-refractivity contribution < 1.29 is 17.4 Å². The van der Waals surface area contributed by atoms with Crippen molar-refractivity contribution >= 4 is 9.92 Å². The van der Waals surface area contributed by atoms with Gasteiger partial charge in [-0.3, -0.25) is 0 Å². The molecule has 9 heteroatoms. The van der Waals surface area contributed by atoms with Gasteiger partial charge in [-0.2, -0.15) is 13.2 Å². The molecule has 0 bridgehead atoms. The second-order valence-electron chi connectivity index (χ2n) is 1.14. The van der Waals surface area contributed by atoms with Crippen LogP contribution in [0, 0.1) is 4.78 Å². The molecule has 1 unspecified atom stereocenters. The Kier molecular flexibility index (Phi) is 2.13. The Bertz CT molecular complexity index is 257. The molecule has 0 heterocycles. The summed E-state index contributed by atoms with van der Waals surface area (Å²) < 4.78 is 51.5. The zero-order chi connectivity index (χ0) is 8.41. The van der Waals surface area contributed by atoms with Crippen LogP contribution >= 0.6 is 0 Å². The molecule has 0 radical (unpaired) electrons. The number of hydrogen-bond donors (Lipinski definition) is 1. The van der Waals surface area contributed by atoms with E-state index in [0.717, 1.165) is 0 Å². The van der Waals surface area contributed by atoms with Gasteiger partial charge in [-0.15, -0.1) is 0 Å². The Morgan fingerprint density at radius 1 is 1.60 bits per heavy atom. The highest BCUT2D eigenvalue weighted by molar-refractivity contribution is 7.91. The van der Waals surface area contributed by atoms with Gasteiger partial charge in [0, 0.05) is 9.43 Å². The molecule has 0 aromatic rings. The van der Waals surface area contributed by atoms with Crippen molar-refractivity contribution in [2.45, 2.75) is 5.51 Å². The molecule has 0 fully saturated rings. The minimum atomic E-state index is -5.28. The van der Waals surface area contributed by atoms with Gasteiger partial charge in [-0.25, -0.2) is 8.99 Å². The monoisotopic (exact) mass is 174 g/mol. The smallest absolute Gasteiger partial charge is 0.239 e. The Labute approximate surface area is 53.6 Å². The van der Waals surface area contributed by atoms with Crippen LogP contribution in [-0.4, -0.2) is 9.72 Å². The van der Waals surface area contributed by atoms with Gasteiger partial charge in [-0.1, -0.05) is 0 Å². The quantitative estimate of drug-likeness (QED) is 0.366. The van der Waals surface area contributed by atoms with E-state index < -0.39 is 15.4 Å². The van der Waals surface area contributed by atoms with Crippen molar-refractivity contribution in [1.29, 1.82) is 4.78 Å². The van der Waals surface area contributed by atoms with E-state index in [1.165, 1.54) is 0 Å². The molecule has 0 aromatic carbocycles. The Morgan fingerprint density at radius 2 is 2.00 bits per heavy atom. The Hall–Kier alpha value is -0.950. The average Bonchev–Trinajstić information content (AvgIpc) is 1.61. The first-order valence-corrected chi connectivity index (χ1v) is 3.24. The van der Waals surface area contributed by atoms with E-state index in [1.54, 1.807) is 9.43 Å². The van der Waals surface area contributed by atoms with Gasteiger partial charge in [-0.05, 0) is 5.53 Å². The van der Waals surface area contributed by atoms with Crippen LogP contribution in [0.5, 0.6) is 0 Å². The summed E-state index contributed by atoms with van der Waals surface area (Å²) in [6, 6.07) is 0. The molecule has 0 aliphatic rings. The molecular weight excluding hydrogens is 173 g/mol.